The Labute approximate surface area is 329 Å². The first-order chi connectivity index (χ1) is 26.6. The molecule has 2 saturated carbocycles. The topological polar surface area (TPSA) is 152 Å². The summed E-state index contributed by atoms with van der Waals surface area (Å²) in [6.07, 6.45) is 5.14. The fourth-order valence-electron chi connectivity index (χ4n) is 9.75. The van der Waals surface area contributed by atoms with Crippen molar-refractivity contribution in [3.8, 4) is 11.5 Å². The number of aromatic nitrogens is 1. The summed E-state index contributed by atoms with van der Waals surface area (Å²) >= 11 is 6.24. The maximum atomic E-state index is 13.4. The summed E-state index contributed by atoms with van der Waals surface area (Å²) in [5.41, 5.74) is 2.52. The third kappa shape index (κ3) is 6.48. The number of ether oxygens (including phenoxy) is 2. The summed E-state index contributed by atoms with van der Waals surface area (Å²) in [6.45, 7) is 16.8. The summed E-state index contributed by atoms with van der Waals surface area (Å²) in [4.78, 5) is 75.3. The van der Waals surface area contributed by atoms with Crippen LogP contribution >= 0.6 is 11.6 Å². The van der Waals surface area contributed by atoms with E-state index in [4.69, 9.17) is 27.6 Å². The third-order valence-electron chi connectivity index (χ3n) is 12.3. The van der Waals surface area contributed by atoms with Gasteiger partial charge in [-0.25, -0.2) is 9.83 Å². The number of nitrogens with one attached hydrogen (secondary N) is 2. The number of hydrogen-bond acceptors (Lipinski definition) is 9. The Morgan fingerprint density at radius 3 is 2.11 bits per heavy atom. The van der Waals surface area contributed by atoms with Crippen molar-refractivity contribution >= 4 is 46.8 Å². The van der Waals surface area contributed by atoms with Gasteiger partial charge in [-0.2, -0.15) is 0 Å². The van der Waals surface area contributed by atoms with Crippen molar-refractivity contribution in [2.75, 3.05) is 0 Å². The fraction of sp³-hybridized carbons (Fsp3) is 0.452. The Bertz CT molecular complexity index is 2150. The average Bonchev–Trinajstić information content (AvgIpc) is 3.69. The first-order valence-electron chi connectivity index (χ1n) is 19.0. The number of fused-ring (bicyclic) bond motifs is 2. The first kappa shape index (κ1) is 37.6. The molecule has 3 fully saturated rings. The number of halogens is 1. The zero-order chi connectivity index (χ0) is 39.7. The molecule has 1 unspecified atom stereocenters. The van der Waals surface area contributed by atoms with Crippen LogP contribution in [0.2, 0.25) is 5.02 Å². The lowest BCUT2D eigenvalue weighted by Gasteiger charge is -2.63. The highest BCUT2D eigenvalue weighted by molar-refractivity contribution is 6.33. The number of amides is 5. The lowest BCUT2D eigenvalue weighted by atomic mass is 9.49. The van der Waals surface area contributed by atoms with E-state index in [1.165, 1.54) is 0 Å². The highest BCUT2D eigenvalue weighted by atomic mass is 35.5. The van der Waals surface area contributed by atoms with Gasteiger partial charge in [-0.1, -0.05) is 45.4 Å². The maximum Gasteiger partial charge on any atom is 0.270 e. The molecule has 3 aromatic rings. The van der Waals surface area contributed by atoms with Crippen LogP contribution in [0.15, 0.2) is 48.7 Å². The highest BCUT2D eigenvalue weighted by Gasteiger charge is 2.64. The molecule has 14 heteroatoms. The van der Waals surface area contributed by atoms with Gasteiger partial charge in [0, 0.05) is 42.4 Å². The lowest BCUT2D eigenvalue weighted by Crippen LogP contribution is -2.74. The van der Waals surface area contributed by atoms with Crippen LogP contribution in [0.3, 0.4) is 0 Å². The van der Waals surface area contributed by atoms with E-state index in [1.54, 1.807) is 48.7 Å². The van der Waals surface area contributed by atoms with Gasteiger partial charge in [0.05, 0.1) is 35.0 Å². The summed E-state index contributed by atoms with van der Waals surface area (Å²) in [7, 11) is 0. The number of nitrogens with zero attached hydrogens (tertiary/aromatic N) is 4. The van der Waals surface area contributed by atoms with Crippen LogP contribution in [-0.2, 0) is 22.7 Å². The van der Waals surface area contributed by atoms with Crippen molar-refractivity contribution in [1.29, 1.82) is 0 Å². The van der Waals surface area contributed by atoms with E-state index in [0.717, 1.165) is 41.7 Å². The molecule has 1 atom stereocenters. The van der Waals surface area contributed by atoms with Gasteiger partial charge in [-0.15, -0.1) is 0 Å². The fourth-order valence-corrected chi connectivity index (χ4v) is 9.96. The van der Waals surface area contributed by atoms with E-state index >= 15 is 0 Å². The van der Waals surface area contributed by atoms with Crippen LogP contribution in [0.1, 0.15) is 109 Å². The normalized spacial score (nSPS) is 26.4. The SMILES string of the molecule is [C-]#[N+]c1ccc(OC2C(C)(C)C(NC(=O)c3ccc(OC4CCC(N5Cc6cc7c(cc6C5)C(=O)N(C5CCC(=O)NC5=O)C7=O)CC4)cn3)C2(C)C)cc1Cl. The second kappa shape index (κ2) is 14.0. The molecular weight excluding hydrogens is 736 g/mol. The number of carbonyl (C=O) groups excluding carboxylic acids is 5. The van der Waals surface area contributed by atoms with Crippen LogP contribution in [-0.4, -0.2) is 74.7 Å². The van der Waals surface area contributed by atoms with Crippen molar-refractivity contribution in [2.45, 2.75) is 110 Å². The second-order valence-electron chi connectivity index (χ2n) is 16.7. The quantitative estimate of drug-likeness (QED) is 0.207. The maximum absolute atomic E-state index is 13.4. The predicted octanol–water partition coefficient (Wildman–Crippen LogP) is 6.00. The van der Waals surface area contributed by atoms with E-state index in [9.17, 15) is 24.0 Å². The van der Waals surface area contributed by atoms with E-state index in [-0.39, 0.29) is 37.0 Å². The number of carbonyl (C=O) groups is 5. The molecule has 2 aliphatic carbocycles. The van der Waals surface area contributed by atoms with Crippen LogP contribution in [0.4, 0.5) is 5.69 Å². The summed E-state index contributed by atoms with van der Waals surface area (Å²) in [5, 5.41) is 5.76. The van der Waals surface area contributed by atoms with E-state index < -0.39 is 40.5 Å². The molecule has 0 radical (unpaired) electrons. The zero-order valence-electron chi connectivity index (χ0n) is 31.7. The molecule has 4 heterocycles. The minimum atomic E-state index is -0.978. The van der Waals surface area contributed by atoms with Gasteiger partial charge in [0.1, 0.15) is 29.3 Å². The largest absolute Gasteiger partial charge is 0.489 e. The molecule has 0 bridgehead atoms. The highest BCUT2D eigenvalue weighted by Crippen LogP contribution is 2.55. The van der Waals surface area contributed by atoms with Crippen LogP contribution in [0.25, 0.3) is 4.85 Å². The number of hydrogen-bond donors (Lipinski definition) is 2. The molecule has 1 saturated heterocycles. The van der Waals surface area contributed by atoms with Gasteiger partial charge in [0.2, 0.25) is 17.5 Å². The molecule has 13 nitrogen and oxygen atoms in total. The molecule has 3 aliphatic heterocycles. The minimum Gasteiger partial charge on any atom is -0.489 e. The van der Waals surface area contributed by atoms with Crippen LogP contribution < -0.4 is 20.1 Å². The molecule has 56 heavy (non-hydrogen) atoms. The van der Waals surface area contributed by atoms with Crippen molar-refractivity contribution in [1.82, 2.24) is 25.4 Å². The lowest BCUT2D eigenvalue weighted by molar-refractivity contribution is -0.164. The summed E-state index contributed by atoms with van der Waals surface area (Å²) in [5.74, 6) is -1.07. The van der Waals surface area contributed by atoms with Crippen molar-refractivity contribution < 1.29 is 33.4 Å². The van der Waals surface area contributed by atoms with Crippen molar-refractivity contribution in [3.63, 3.8) is 0 Å². The first-order valence-corrected chi connectivity index (χ1v) is 19.4. The molecular formula is C42H43ClN6O7. The molecule has 1 aromatic heterocycles. The molecule has 5 amide bonds. The van der Waals surface area contributed by atoms with E-state index in [0.29, 0.717) is 58.2 Å². The smallest absolute Gasteiger partial charge is 0.270 e. The van der Waals surface area contributed by atoms with E-state index in [1.807, 2.05) is 0 Å². The van der Waals surface area contributed by atoms with Gasteiger partial charge >= 0.3 is 0 Å². The number of piperidine rings is 1. The Morgan fingerprint density at radius 2 is 1.54 bits per heavy atom. The number of pyridine rings is 1. The number of imide groups is 2. The minimum absolute atomic E-state index is 0.0102. The molecule has 2 aromatic carbocycles. The van der Waals surface area contributed by atoms with Crippen molar-refractivity contribution in [3.05, 3.63) is 93.0 Å². The van der Waals surface area contributed by atoms with Gasteiger partial charge in [0.15, 0.2) is 0 Å². The monoisotopic (exact) mass is 778 g/mol. The Balaban J connectivity index is 0.821. The van der Waals surface area contributed by atoms with E-state index in [2.05, 4.69) is 53.1 Å². The van der Waals surface area contributed by atoms with Crippen LogP contribution in [0.5, 0.6) is 11.5 Å². The molecule has 290 valence electrons. The number of rotatable bonds is 8. The summed E-state index contributed by atoms with van der Waals surface area (Å²) < 4.78 is 12.7. The van der Waals surface area contributed by atoms with Gasteiger partial charge in [-0.05, 0) is 79.6 Å². The van der Waals surface area contributed by atoms with Gasteiger partial charge in [-0.3, -0.25) is 39.1 Å². The van der Waals surface area contributed by atoms with Crippen molar-refractivity contribution in [2.24, 2.45) is 10.8 Å². The number of benzene rings is 2. The van der Waals surface area contributed by atoms with Gasteiger partial charge in [0.25, 0.3) is 17.7 Å². The average molecular weight is 779 g/mol. The Hall–Kier alpha value is -5.32. The standard InChI is InChI=1S/C42H43ClN6O7/c1-41(2)39(42(3,4)40(41)56-26-10-12-31(44-5)30(43)18-26)47-35(51)32-13-11-27(19-45-32)55-25-8-6-24(7-9-25)48-20-22-16-28-29(17-23(22)21-48)38(54)49(37(28)53)33-14-15-34(50)46-36(33)52/h10-13,16-19,24-25,33,39-40H,6-9,14-15,20-21H2,1-4H3,(H,47,51)(H,46,50,52). The molecule has 8 rings (SSSR count). The summed E-state index contributed by atoms with van der Waals surface area (Å²) in [6, 6.07) is 11.3. The molecule has 0 spiro atoms. The Kier molecular flexibility index (Phi) is 9.40. The van der Waals surface area contributed by atoms with Gasteiger partial charge < -0.3 is 14.8 Å². The second-order valence-corrected chi connectivity index (χ2v) is 17.1. The predicted molar refractivity (Wildman–Crippen MR) is 204 cm³/mol. The molecule has 5 aliphatic rings. The van der Waals surface area contributed by atoms with Crippen LogP contribution in [0, 0.1) is 17.4 Å². The zero-order valence-corrected chi connectivity index (χ0v) is 32.4. The molecule has 2 N–H and O–H groups in total. The Morgan fingerprint density at radius 1 is 0.893 bits per heavy atom. The third-order valence-corrected chi connectivity index (χ3v) is 12.6.